The minimum Gasteiger partial charge on any atom is -0.494 e. The van der Waals surface area contributed by atoms with E-state index in [-0.39, 0.29) is 11.7 Å². The summed E-state index contributed by atoms with van der Waals surface area (Å²) < 4.78 is 5.34. The summed E-state index contributed by atoms with van der Waals surface area (Å²) >= 11 is 0. The van der Waals surface area contributed by atoms with E-state index in [2.05, 4.69) is 6.92 Å². The Morgan fingerprint density at radius 1 is 1.25 bits per heavy atom. The number of Topliss-reactive ketones (excluding diaryl/α,β-unsaturated/α-hetero) is 1. The van der Waals surface area contributed by atoms with E-state index in [1.165, 1.54) is 0 Å². The second kappa shape index (κ2) is 6.31. The Morgan fingerprint density at radius 2 is 1.88 bits per heavy atom. The molecule has 0 aliphatic heterocycles. The summed E-state index contributed by atoms with van der Waals surface area (Å²) in [5, 5.41) is 0. The minimum absolute atomic E-state index is 0.114. The molecule has 2 nitrogen and oxygen atoms in total. The van der Waals surface area contributed by atoms with Crippen LogP contribution in [0.25, 0.3) is 0 Å². The highest BCUT2D eigenvalue weighted by molar-refractivity contribution is 5.97. The standard InChI is InChI=1S/C14H20O2/c1-4-6-11(3)14(15)12-7-9-13(10-8-12)16-5-2/h7-11H,4-6H2,1-3H3. The lowest BCUT2D eigenvalue weighted by Crippen LogP contribution is -2.10. The molecule has 0 aliphatic rings. The molecule has 0 N–H and O–H groups in total. The highest BCUT2D eigenvalue weighted by Gasteiger charge is 2.13. The van der Waals surface area contributed by atoms with Gasteiger partial charge in [0.15, 0.2) is 5.78 Å². The Labute approximate surface area is 97.6 Å². The average Bonchev–Trinajstić information content (AvgIpc) is 2.30. The number of hydrogen-bond donors (Lipinski definition) is 0. The van der Waals surface area contributed by atoms with Crippen molar-refractivity contribution in [1.29, 1.82) is 0 Å². The zero-order valence-electron chi connectivity index (χ0n) is 10.3. The van der Waals surface area contributed by atoms with Crippen molar-refractivity contribution in [2.24, 2.45) is 5.92 Å². The molecule has 1 rings (SSSR count). The van der Waals surface area contributed by atoms with Gasteiger partial charge < -0.3 is 4.74 Å². The molecule has 0 radical (unpaired) electrons. The maximum absolute atomic E-state index is 12.0. The Bertz CT molecular complexity index is 327. The van der Waals surface area contributed by atoms with Gasteiger partial charge >= 0.3 is 0 Å². The third-order valence-corrected chi connectivity index (χ3v) is 2.62. The van der Waals surface area contributed by atoms with E-state index in [4.69, 9.17) is 4.74 Å². The molecule has 1 atom stereocenters. The molecule has 0 fully saturated rings. The fourth-order valence-electron chi connectivity index (χ4n) is 1.73. The lowest BCUT2D eigenvalue weighted by atomic mass is 9.95. The minimum atomic E-state index is 0.114. The van der Waals surface area contributed by atoms with Gasteiger partial charge in [-0.2, -0.15) is 0 Å². The predicted octanol–water partition coefficient (Wildman–Crippen LogP) is 3.70. The summed E-state index contributed by atoms with van der Waals surface area (Å²) in [6.07, 6.45) is 2.00. The van der Waals surface area contributed by atoms with Crippen LogP contribution >= 0.6 is 0 Å². The maximum atomic E-state index is 12.0. The van der Waals surface area contributed by atoms with Crippen molar-refractivity contribution in [2.75, 3.05) is 6.61 Å². The van der Waals surface area contributed by atoms with Crippen molar-refractivity contribution < 1.29 is 9.53 Å². The van der Waals surface area contributed by atoms with Crippen molar-refractivity contribution in [3.63, 3.8) is 0 Å². The SMILES string of the molecule is CCCC(C)C(=O)c1ccc(OCC)cc1. The van der Waals surface area contributed by atoms with E-state index >= 15 is 0 Å². The molecule has 1 aromatic rings. The summed E-state index contributed by atoms with van der Waals surface area (Å²) in [5.74, 6) is 1.16. The Hall–Kier alpha value is -1.31. The molecule has 0 spiro atoms. The van der Waals surface area contributed by atoms with Gasteiger partial charge in [0.05, 0.1) is 6.61 Å². The largest absolute Gasteiger partial charge is 0.494 e. The number of carbonyl (C=O) groups is 1. The second-order valence-electron chi connectivity index (χ2n) is 4.01. The highest BCUT2D eigenvalue weighted by atomic mass is 16.5. The molecule has 0 aliphatic carbocycles. The van der Waals surface area contributed by atoms with Crippen LogP contribution in [0.2, 0.25) is 0 Å². The molecule has 88 valence electrons. The van der Waals surface area contributed by atoms with Crippen LogP contribution in [0.5, 0.6) is 5.75 Å². The van der Waals surface area contributed by atoms with Crippen LogP contribution in [-0.4, -0.2) is 12.4 Å². The molecular formula is C14H20O2. The Kier molecular flexibility index (Phi) is 5.03. The lowest BCUT2D eigenvalue weighted by molar-refractivity contribution is 0.0923. The zero-order valence-corrected chi connectivity index (χ0v) is 10.3. The van der Waals surface area contributed by atoms with E-state index in [0.29, 0.717) is 6.61 Å². The third kappa shape index (κ3) is 3.37. The van der Waals surface area contributed by atoms with Gasteiger partial charge in [-0.1, -0.05) is 20.3 Å². The fraction of sp³-hybridized carbons (Fsp3) is 0.500. The molecule has 0 saturated heterocycles. The van der Waals surface area contributed by atoms with E-state index < -0.39 is 0 Å². The first-order chi connectivity index (χ1) is 7.69. The molecule has 16 heavy (non-hydrogen) atoms. The van der Waals surface area contributed by atoms with E-state index in [9.17, 15) is 4.79 Å². The maximum Gasteiger partial charge on any atom is 0.165 e. The quantitative estimate of drug-likeness (QED) is 0.683. The number of carbonyl (C=O) groups excluding carboxylic acids is 1. The first-order valence-corrected chi connectivity index (χ1v) is 5.96. The van der Waals surface area contributed by atoms with E-state index in [0.717, 1.165) is 24.2 Å². The van der Waals surface area contributed by atoms with Gasteiger partial charge in [0, 0.05) is 11.5 Å². The number of hydrogen-bond acceptors (Lipinski definition) is 2. The van der Waals surface area contributed by atoms with Crippen molar-refractivity contribution in [1.82, 2.24) is 0 Å². The summed E-state index contributed by atoms with van der Waals surface area (Å²) in [6, 6.07) is 7.41. The molecule has 0 bridgehead atoms. The first-order valence-electron chi connectivity index (χ1n) is 5.96. The van der Waals surface area contributed by atoms with Crippen LogP contribution in [0, 0.1) is 5.92 Å². The van der Waals surface area contributed by atoms with Gasteiger partial charge in [0.2, 0.25) is 0 Å². The smallest absolute Gasteiger partial charge is 0.165 e. The van der Waals surface area contributed by atoms with Gasteiger partial charge in [-0.15, -0.1) is 0 Å². The van der Waals surface area contributed by atoms with Crippen LogP contribution < -0.4 is 4.74 Å². The predicted molar refractivity (Wildman–Crippen MR) is 66.0 cm³/mol. The highest BCUT2D eigenvalue weighted by Crippen LogP contribution is 2.17. The van der Waals surface area contributed by atoms with Crippen molar-refractivity contribution >= 4 is 5.78 Å². The number of rotatable bonds is 6. The topological polar surface area (TPSA) is 26.3 Å². The van der Waals surface area contributed by atoms with Crippen LogP contribution in [0.3, 0.4) is 0 Å². The van der Waals surface area contributed by atoms with Gasteiger partial charge in [0.25, 0.3) is 0 Å². The summed E-state index contributed by atoms with van der Waals surface area (Å²) in [5.41, 5.74) is 0.782. The van der Waals surface area contributed by atoms with Crippen LogP contribution in [0.4, 0.5) is 0 Å². The third-order valence-electron chi connectivity index (χ3n) is 2.62. The summed E-state index contributed by atoms with van der Waals surface area (Å²) in [7, 11) is 0. The zero-order chi connectivity index (χ0) is 12.0. The second-order valence-corrected chi connectivity index (χ2v) is 4.01. The lowest BCUT2D eigenvalue weighted by Gasteiger charge is -2.09. The van der Waals surface area contributed by atoms with Crippen molar-refractivity contribution in [3.8, 4) is 5.75 Å². The molecule has 0 heterocycles. The molecule has 1 unspecified atom stereocenters. The molecule has 0 saturated carbocycles. The summed E-state index contributed by atoms with van der Waals surface area (Å²) in [6.45, 7) is 6.69. The van der Waals surface area contributed by atoms with E-state index in [1.54, 1.807) is 0 Å². The van der Waals surface area contributed by atoms with Crippen LogP contribution in [0.15, 0.2) is 24.3 Å². The Morgan fingerprint density at radius 3 is 2.38 bits per heavy atom. The number of benzene rings is 1. The molecule has 2 heteroatoms. The summed E-state index contributed by atoms with van der Waals surface area (Å²) in [4.78, 5) is 12.0. The van der Waals surface area contributed by atoms with Gasteiger partial charge in [-0.05, 0) is 37.6 Å². The van der Waals surface area contributed by atoms with Gasteiger partial charge in [0.1, 0.15) is 5.75 Å². The average molecular weight is 220 g/mol. The van der Waals surface area contributed by atoms with Gasteiger partial charge in [-0.25, -0.2) is 0 Å². The van der Waals surface area contributed by atoms with Crippen molar-refractivity contribution in [3.05, 3.63) is 29.8 Å². The Balaban J connectivity index is 2.69. The van der Waals surface area contributed by atoms with Gasteiger partial charge in [-0.3, -0.25) is 4.79 Å². The first kappa shape index (κ1) is 12.8. The van der Waals surface area contributed by atoms with E-state index in [1.807, 2.05) is 38.1 Å². The monoisotopic (exact) mass is 220 g/mol. The number of ether oxygens (including phenoxy) is 1. The molecule has 0 aromatic heterocycles. The normalized spacial score (nSPS) is 12.2. The molecule has 1 aromatic carbocycles. The molecule has 0 amide bonds. The van der Waals surface area contributed by atoms with Crippen molar-refractivity contribution in [2.45, 2.75) is 33.6 Å². The molecular weight excluding hydrogens is 200 g/mol. The van der Waals surface area contributed by atoms with Crippen LogP contribution in [0.1, 0.15) is 44.0 Å². The number of ketones is 1. The fourth-order valence-corrected chi connectivity index (χ4v) is 1.73. The van der Waals surface area contributed by atoms with Crippen LogP contribution in [-0.2, 0) is 0 Å².